The van der Waals surface area contributed by atoms with Crippen LogP contribution >= 0.6 is 0 Å². The van der Waals surface area contributed by atoms with Gasteiger partial charge in [-0.1, -0.05) is 44.5 Å². The molecule has 3 heteroatoms. The number of hydrogen-bond donors (Lipinski definition) is 1. The first-order valence-corrected chi connectivity index (χ1v) is 7.17. The predicted molar refractivity (Wildman–Crippen MR) is 76.2 cm³/mol. The predicted octanol–water partition coefficient (Wildman–Crippen LogP) is 3.03. The highest BCUT2D eigenvalue weighted by Crippen LogP contribution is 2.43. The minimum absolute atomic E-state index is 0.603. The number of nitrogens with zero attached hydrogens (tertiary/aromatic N) is 1. The van der Waals surface area contributed by atoms with Crippen molar-refractivity contribution in [2.45, 2.75) is 45.1 Å². The van der Waals surface area contributed by atoms with Crippen LogP contribution in [0, 0.1) is 0 Å². The van der Waals surface area contributed by atoms with Crippen LogP contribution in [0.1, 0.15) is 44.2 Å². The average Bonchev–Trinajstić information content (AvgIpc) is 2.36. The van der Waals surface area contributed by atoms with Crippen molar-refractivity contribution in [3.63, 3.8) is 0 Å². The normalized spacial score (nSPS) is 17.2. The van der Waals surface area contributed by atoms with Crippen molar-refractivity contribution in [3.05, 3.63) is 35.4 Å². The third-order valence-electron chi connectivity index (χ3n) is 4.42. The third-order valence-corrected chi connectivity index (χ3v) is 4.42. The maximum Gasteiger partial charge on any atom is 0.314 e. The second kappa shape index (κ2) is 5.74. The second-order valence-electron chi connectivity index (χ2n) is 5.40. The Morgan fingerprint density at radius 1 is 1.21 bits per heavy atom. The van der Waals surface area contributed by atoms with Crippen LogP contribution in [-0.2, 0) is 16.8 Å². The van der Waals surface area contributed by atoms with Crippen LogP contribution in [0.25, 0.3) is 0 Å². The zero-order valence-electron chi connectivity index (χ0n) is 11.9. The van der Waals surface area contributed by atoms with Gasteiger partial charge in [0.1, 0.15) is 0 Å². The molecular weight excluding hydrogens is 238 g/mol. The lowest BCUT2D eigenvalue weighted by molar-refractivity contribution is -0.147. The van der Waals surface area contributed by atoms with Crippen molar-refractivity contribution in [1.29, 1.82) is 0 Å². The minimum atomic E-state index is -0.671. The van der Waals surface area contributed by atoms with Gasteiger partial charge in [-0.15, -0.1) is 0 Å². The fourth-order valence-electron chi connectivity index (χ4n) is 2.79. The van der Waals surface area contributed by atoms with Gasteiger partial charge in [0.2, 0.25) is 0 Å². The van der Waals surface area contributed by atoms with Gasteiger partial charge in [0.25, 0.3) is 0 Å². The second-order valence-corrected chi connectivity index (χ2v) is 5.40. The lowest BCUT2D eigenvalue weighted by Crippen LogP contribution is -2.42. The Bertz CT molecular complexity index is 431. The summed E-state index contributed by atoms with van der Waals surface area (Å²) in [5, 5.41) is 9.42. The molecule has 0 unspecified atom stereocenters. The first-order chi connectivity index (χ1) is 9.12. The van der Waals surface area contributed by atoms with Gasteiger partial charge in [0.15, 0.2) is 0 Å². The summed E-state index contributed by atoms with van der Waals surface area (Å²) in [6, 6.07) is 8.17. The first kappa shape index (κ1) is 14.1. The first-order valence-electron chi connectivity index (χ1n) is 7.17. The van der Waals surface area contributed by atoms with E-state index in [2.05, 4.69) is 30.9 Å². The molecule has 0 radical (unpaired) electrons. The fourth-order valence-corrected chi connectivity index (χ4v) is 2.79. The molecule has 0 aromatic heterocycles. The Hall–Kier alpha value is -1.35. The molecule has 0 spiro atoms. The average molecular weight is 261 g/mol. The van der Waals surface area contributed by atoms with Crippen LogP contribution in [0.4, 0.5) is 0 Å². The SMILES string of the molecule is CCN(CC)Cc1ccc(C2(C(=O)O)CCC2)cc1. The van der Waals surface area contributed by atoms with Gasteiger partial charge in [0, 0.05) is 6.54 Å². The number of aliphatic carboxylic acids is 1. The van der Waals surface area contributed by atoms with Crippen LogP contribution in [0.3, 0.4) is 0 Å². The van der Waals surface area contributed by atoms with Crippen molar-refractivity contribution in [3.8, 4) is 0 Å². The molecule has 1 aliphatic carbocycles. The highest BCUT2D eigenvalue weighted by atomic mass is 16.4. The molecule has 2 rings (SSSR count). The molecular formula is C16H23NO2. The molecule has 104 valence electrons. The van der Waals surface area contributed by atoms with Gasteiger partial charge >= 0.3 is 5.97 Å². The summed E-state index contributed by atoms with van der Waals surface area (Å²) in [7, 11) is 0. The van der Waals surface area contributed by atoms with E-state index in [1.807, 2.05) is 12.1 Å². The molecule has 0 heterocycles. The molecule has 0 bridgehead atoms. The van der Waals surface area contributed by atoms with E-state index in [0.29, 0.717) is 0 Å². The Morgan fingerprint density at radius 3 is 2.16 bits per heavy atom. The zero-order chi connectivity index (χ0) is 13.9. The molecule has 1 N–H and O–H groups in total. The molecule has 0 amide bonds. The lowest BCUT2D eigenvalue weighted by atomic mass is 9.64. The van der Waals surface area contributed by atoms with Crippen LogP contribution in [-0.4, -0.2) is 29.1 Å². The number of carboxylic acid groups (broad SMARTS) is 1. The van der Waals surface area contributed by atoms with Crippen LogP contribution in [0.5, 0.6) is 0 Å². The quantitative estimate of drug-likeness (QED) is 0.855. The highest BCUT2D eigenvalue weighted by molar-refractivity contribution is 5.82. The summed E-state index contributed by atoms with van der Waals surface area (Å²) in [5.41, 5.74) is 1.62. The third kappa shape index (κ3) is 2.66. The van der Waals surface area contributed by atoms with Gasteiger partial charge in [-0.2, -0.15) is 0 Å². The van der Waals surface area contributed by atoms with E-state index in [-0.39, 0.29) is 0 Å². The maximum absolute atomic E-state index is 11.5. The number of rotatable bonds is 6. The fraction of sp³-hybridized carbons (Fsp3) is 0.562. The molecule has 0 aliphatic heterocycles. The Balaban J connectivity index is 2.12. The summed E-state index contributed by atoms with van der Waals surface area (Å²) in [6.45, 7) is 7.33. The van der Waals surface area contributed by atoms with Gasteiger partial charge in [-0.05, 0) is 37.1 Å². The van der Waals surface area contributed by atoms with Crippen molar-refractivity contribution in [2.24, 2.45) is 0 Å². The molecule has 1 aromatic carbocycles. The van der Waals surface area contributed by atoms with Gasteiger partial charge in [0.05, 0.1) is 5.41 Å². The van der Waals surface area contributed by atoms with E-state index in [1.54, 1.807) is 0 Å². The van der Waals surface area contributed by atoms with Crippen LogP contribution in [0.15, 0.2) is 24.3 Å². The monoisotopic (exact) mass is 261 g/mol. The summed E-state index contributed by atoms with van der Waals surface area (Å²) >= 11 is 0. The van der Waals surface area contributed by atoms with E-state index in [4.69, 9.17) is 0 Å². The highest BCUT2D eigenvalue weighted by Gasteiger charge is 2.45. The topological polar surface area (TPSA) is 40.5 Å². The standard InChI is InChI=1S/C16H23NO2/c1-3-17(4-2)12-13-6-8-14(9-7-13)16(15(18)19)10-5-11-16/h6-9H,3-5,10-12H2,1-2H3,(H,18,19). The van der Waals surface area contributed by atoms with Crippen LogP contribution < -0.4 is 0 Å². The lowest BCUT2D eigenvalue weighted by Gasteiger charge is -2.38. The molecule has 19 heavy (non-hydrogen) atoms. The summed E-state index contributed by atoms with van der Waals surface area (Å²) in [5.74, 6) is -0.671. The zero-order valence-corrected chi connectivity index (χ0v) is 11.9. The molecule has 1 aliphatic rings. The van der Waals surface area contributed by atoms with E-state index >= 15 is 0 Å². The molecule has 1 fully saturated rings. The smallest absolute Gasteiger partial charge is 0.314 e. The summed E-state index contributed by atoms with van der Waals surface area (Å²) in [6.07, 6.45) is 2.57. The number of hydrogen-bond acceptors (Lipinski definition) is 2. The van der Waals surface area contributed by atoms with E-state index in [1.165, 1.54) is 5.56 Å². The maximum atomic E-state index is 11.5. The van der Waals surface area contributed by atoms with Crippen molar-refractivity contribution < 1.29 is 9.90 Å². The van der Waals surface area contributed by atoms with Crippen molar-refractivity contribution >= 4 is 5.97 Å². The van der Waals surface area contributed by atoms with Crippen LogP contribution in [0.2, 0.25) is 0 Å². The number of carboxylic acids is 1. The van der Waals surface area contributed by atoms with Gasteiger partial charge in [-0.3, -0.25) is 9.69 Å². The summed E-state index contributed by atoms with van der Waals surface area (Å²) < 4.78 is 0. The molecule has 1 aromatic rings. The van der Waals surface area contributed by atoms with Gasteiger partial charge < -0.3 is 5.11 Å². The van der Waals surface area contributed by atoms with E-state index in [0.717, 1.165) is 44.5 Å². The Labute approximate surface area is 115 Å². The van der Waals surface area contributed by atoms with Gasteiger partial charge in [-0.25, -0.2) is 0 Å². The Morgan fingerprint density at radius 2 is 1.79 bits per heavy atom. The largest absolute Gasteiger partial charge is 0.481 e. The van der Waals surface area contributed by atoms with E-state index < -0.39 is 11.4 Å². The summed E-state index contributed by atoms with van der Waals surface area (Å²) in [4.78, 5) is 13.8. The van der Waals surface area contributed by atoms with Crippen molar-refractivity contribution in [2.75, 3.05) is 13.1 Å². The number of carbonyl (C=O) groups is 1. The molecule has 0 atom stereocenters. The molecule has 0 saturated heterocycles. The molecule has 3 nitrogen and oxygen atoms in total. The van der Waals surface area contributed by atoms with Crippen molar-refractivity contribution in [1.82, 2.24) is 4.90 Å². The molecule has 1 saturated carbocycles. The van der Waals surface area contributed by atoms with E-state index in [9.17, 15) is 9.90 Å². The minimum Gasteiger partial charge on any atom is -0.481 e. The number of benzene rings is 1. The Kier molecular flexibility index (Phi) is 4.25.